The molecule has 2 aromatic rings. The first-order valence-electron chi connectivity index (χ1n) is 13.8. The highest BCUT2D eigenvalue weighted by molar-refractivity contribution is 5.98. The number of carboxylic acid groups (broad SMARTS) is 1. The third-order valence-electron chi connectivity index (χ3n) is 5.33. The number of ether oxygens (including phenoxy) is 8. The van der Waals surface area contributed by atoms with E-state index in [0.29, 0.717) is 129 Å². The van der Waals surface area contributed by atoms with Crippen molar-refractivity contribution in [3.05, 3.63) is 23.8 Å². The minimum atomic E-state index is -0.878. The van der Waals surface area contributed by atoms with Crippen LogP contribution in [-0.4, -0.2) is 133 Å². The van der Waals surface area contributed by atoms with Gasteiger partial charge in [-0.15, -0.1) is 0 Å². The monoisotopic (exact) mass is 586 g/mol. The van der Waals surface area contributed by atoms with E-state index in [9.17, 15) is 9.59 Å². The summed E-state index contributed by atoms with van der Waals surface area (Å²) in [7, 11) is 0. The number of carboxylic acids is 1. The molecule has 1 aromatic carbocycles. The van der Waals surface area contributed by atoms with Gasteiger partial charge in [0.25, 0.3) is 0 Å². The van der Waals surface area contributed by atoms with Crippen LogP contribution >= 0.6 is 0 Å². The predicted octanol–water partition coefficient (Wildman–Crippen LogP) is 1.79. The molecule has 232 valence electrons. The van der Waals surface area contributed by atoms with Crippen molar-refractivity contribution < 1.29 is 57.2 Å². The first kappa shape index (κ1) is 34.6. The van der Waals surface area contributed by atoms with Crippen molar-refractivity contribution in [3.8, 4) is 0 Å². The van der Waals surface area contributed by atoms with Gasteiger partial charge >= 0.3 is 5.97 Å². The van der Waals surface area contributed by atoms with Crippen molar-refractivity contribution in [2.75, 3.05) is 106 Å². The number of aromatic nitrogens is 2. The molecule has 14 heteroatoms. The van der Waals surface area contributed by atoms with E-state index in [-0.39, 0.29) is 18.8 Å². The van der Waals surface area contributed by atoms with Gasteiger partial charge in [0.2, 0.25) is 0 Å². The molecular weight excluding hydrogens is 544 g/mol. The molecule has 41 heavy (non-hydrogen) atoms. The van der Waals surface area contributed by atoms with E-state index < -0.39 is 5.97 Å². The zero-order chi connectivity index (χ0) is 29.2. The van der Waals surface area contributed by atoms with Crippen molar-refractivity contribution in [2.24, 2.45) is 0 Å². The number of ketones is 1. The van der Waals surface area contributed by atoms with E-state index in [1.165, 1.54) is 0 Å². The molecule has 0 amide bonds. The number of benzene rings is 1. The number of nitrogens with zero attached hydrogens (tertiary/aromatic N) is 2. The van der Waals surface area contributed by atoms with Crippen LogP contribution < -0.4 is 0 Å². The van der Waals surface area contributed by atoms with Crippen molar-refractivity contribution in [2.45, 2.75) is 19.3 Å². The van der Waals surface area contributed by atoms with Crippen molar-refractivity contribution in [1.82, 2.24) is 10.3 Å². The molecule has 1 N–H and O–H groups in total. The van der Waals surface area contributed by atoms with Crippen LogP contribution in [0.1, 0.15) is 29.6 Å². The Morgan fingerprint density at radius 3 is 1.44 bits per heavy atom. The molecule has 0 saturated carbocycles. The maximum Gasteiger partial charge on any atom is 0.305 e. The highest BCUT2D eigenvalue weighted by Crippen LogP contribution is 2.13. The largest absolute Gasteiger partial charge is 0.481 e. The van der Waals surface area contributed by atoms with E-state index in [0.717, 1.165) is 0 Å². The fourth-order valence-corrected chi connectivity index (χ4v) is 3.24. The lowest BCUT2D eigenvalue weighted by molar-refractivity contribution is -0.138. The van der Waals surface area contributed by atoms with Crippen LogP contribution in [0.2, 0.25) is 0 Å². The molecule has 1 heterocycles. The van der Waals surface area contributed by atoms with E-state index in [2.05, 4.69) is 14.9 Å². The molecular formula is C27H42N2O12. The Balaban J connectivity index is 1.21. The highest BCUT2D eigenvalue weighted by atomic mass is 16.6. The van der Waals surface area contributed by atoms with Crippen LogP contribution in [-0.2, 0) is 42.7 Å². The Kier molecular flexibility index (Phi) is 20.3. The fourth-order valence-electron chi connectivity index (χ4n) is 3.24. The van der Waals surface area contributed by atoms with Crippen LogP contribution in [0.5, 0.6) is 0 Å². The van der Waals surface area contributed by atoms with Gasteiger partial charge in [0.05, 0.1) is 106 Å². The second-order valence-electron chi connectivity index (χ2n) is 8.54. The lowest BCUT2D eigenvalue weighted by Gasteiger charge is -2.08. The van der Waals surface area contributed by atoms with Gasteiger partial charge in [-0.05, 0) is 34.9 Å². The van der Waals surface area contributed by atoms with E-state index in [1.54, 1.807) is 18.2 Å². The summed E-state index contributed by atoms with van der Waals surface area (Å²) in [5, 5.41) is 16.0. The summed E-state index contributed by atoms with van der Waals surface area (Å²) in [6, 6.07) is 5.13. The molecule has 2 rings (SSSR count). The maximum absolute atomic E-state index is 12.2. The van der Waals surface area contributed by atoms with E-state index in [1.807, 2.05) is 0 Å². The van der Waals surface area contributed by atoms with Gasteiger partial charge in [-0.25, -0.2) is 4.63 Å². The second kappa shape index (κ2) is 24.1. The summed E-state index contributed by atoms with van der Waals surface area (Å²) in [5.41, 5.74) is 1.79. The molecule has 0 atom stereocenters. The smallest absolute Gasteiger partial charge is 0.305 e. The molecule has 0 saturated heterocycles. The third-order valence-corrected chi connectivity index (χ3v) is 5.33. The Morgan fingerprint density at radius 2 is 0.976 bits per heavy atom. The Morgan fingerprint density at radius 1 is 0.561 bits per heavy atom. The highest BCUT2D eigenvalue weighted by Gasteiger charge is 2.09. The minimum Gasteiger partial charge on any atom is -0.481 e. The van der Waals surface area contributed by atoms with Gasteiger partial charge in [0.1, 0.15) is 11.0 Å². The number of hydrogen-bond acceptors (Lipinski definition) is 13. The number of hydrogen-bond donors (Lipinski definition) is 1. The first-order chi connectivity index (χ1) is 20.2. The van der Waals surface area contributed by atoms with Crippen LogP contribution in [0.4, 0.5) is 0 Å². The molecule has 0 aliphatic heterocycles. The molecule has 0 radical (unpaired) electrons. The number of fused-ring (bicyclic) bond motifs is 1. The van der Waals surface area contributed by atoms with E-state index in [4.69, 9.17) is 43.0 Å². The number of rotatable bonds is 29. The molecule has 0 fully saturated rings. The van der Waals surface area contributed by atoms with Crippen molar-refractivity contribution in [3.63, 3.8) is 0 Å². The standard InChI is InChI=1S/C27H42N2O12/c30-26(23-3-4-24-25(22-23)29-41-28-24)2-1-6-33-8-10-35-12-14-37-16-18-39-20-21-40-19-17-38-15-13-36-11-9-34-7-5-27(31)32/h3-4,22H,1-2,5-21H2,(H,31,32). The maximum atomic E-state index is 12.2. The molecule has 0 bridgehead atoms. The van der Waals surface area contributed by atoms with Crippen molar-refractivity contribution >= 4 is 22.8 Å². The topological polar surface area (TPSA) is 167 Å². The van der Waals surface area contributed by atoms with Crippen molar-refractivity contribution in [1.29, 1.82) is 0 Å². The molecule has 0 unspecified atom stereocenters. The number of aliphatic carboxylic acids is 1. The molecule has 1 aromatic heterocycles. The molecule has 14 nitrogen and oxygen atoms in total. The summed E-state index contributed by atoms with van der Waals surface area (Å²) in [6.07, 6.45) is 1.01. The Bertz CT molecular complexity index is 942. The van der Waals surface area contributed by atoms with Crippen LogP contribution in [0.25, 0.3) is 11.0 Å². The number of Topliss-reactive ketones (excluding diaryl/α,β-unsaturated/α-hetero) is 1. The molecule has 0 aliphatic carbocycles. The second-order valence-corrected chi connectivity index (χ2v) is 8.54. The summed E-state index contributed by atoms with van der Waals surface area (Å²) >= 11 is 0. The van der Waals surface area contributed by atoms with Gasteiger partial charge in [-0.2, -0.15) is 0 Å². The zero-order valence-electron chi connectivity index (χ0n) is 23.5. The average molecular weight is 587 g/mol. The normalized spacial score (nSPS) is 11.4. The van der Waals surface area contributed by atoms with Gasteiger partial charge < -0.3 is 43.0 Å². The summed E-state index contributed by atoms with van der Waals surface area (Å²) in [4.78, 5) is 22.6. The quantitative estimate of drug-likeness (QED) is 0.108. The molecule has 0 spiro atoms. The fraction of sp³-hybridized carbons (Fsp3) is 0.704. The summed E-state index contributed by atoms with van der Waals surface area (Å²) < 4.78 is 47.7. The van der Waals surface area contributed by atoms with Gasteiger partial charge in [-0.3, -0.25) is 9.59 Å². The van der Waals surface area contributed by atoms with Crippen LogP contribution in [0, 0.1) is 0 Å². The Labute approximate surface area is 239 Å². The van der Waals surface area contributed by atoms with Crippen LogP contribution in [0.3, 0.4) is 0 Å². The first-order valence-corrected chi connectivity index (χ1v) is 13.8. The van der Waals surface area contributed by atoms with Gasteiger partial charge in [0.15, 0.2) is 5.78 Å². The Hall–Kier alpha value is -2.56. The summed E-state index contributed by atoms with van der Waals surface area (Å²) in [5.74, 6) is -0.846. The van der Waals surface area contributed by atoms with Gasteiger partial charge in [-0.1, -0.05) is 0 Å². The lowest BCUT2D eigenvalue weighted by atomic mass is 10.1. The number of carbonyl (C=O) groups excluding carboxylic acids is 1. The lowest BCUT2D eigenvalue weighted by Crippen LogP contribution is -2.15. The SMILES string of the molecule is O=C(O)CCOCCOCCOCCOCCOCCOCCOCCOCCCC(=O)c1ccc2nonc2c1. The zero-order valence-corrected chi connectivity index (χ0v) is 23.5. The van der Waals surface area contributed by atoms with E-state index >= 15 is 0 Å². The minimum absolute atomic E-state index is 0.00580. The third kappa shape index (κ3) is 18.5. The summed E-state index contributed by atoms with van der Waals surface area (Å²) in [6.45, 7) is 7.02. The predicted molar refractivity (Wildman–Crippen MR) is 144 cm³/mol. The average Bonchev–Trinajstić information content (AvgIpc) is 3.44. The number of carbonyl (C=O) groups is 2. The van der Waals surface area contributed by atoms with Crippen LogP contribution in [0.15, 0.2) is 22.8 Å². The van der Waals surface area contributed by atoms with Gasteiger partial charge in [0, 0.05) is 18.6 Å². The molecule has 0 aliphatic rings.